The van der Waals surface area contributed by atoms with Crippen LogP contribution in [-0.4, -0.2) is 48.3 Å². The summed E-state index contributed by atoms with van der Waals surface area (Å²) in [6.45, 7) is 7.09. The molecule has 3 unspecified atom stereocenters. The van der Waals surface area contributed by atoms with Crippen LogP contribution in [0.5, 0.6) is 0 Å². The van der Waals surface area contributed by atoms with Gasteiger partial charge >= 0.3 is 0 Å². The lowest BCUT2D eigenvalue weighted by Gasteiger charge is -2.39. The molecule has 0 aromatic heterocycles. The Kier molecular flexibility index (Phi) is 6.17. The normalized spacial score (nSPS) is 32.5. The van der Waals surface area contributed by atoms with Gasteiger partial charge < -0.3 is 15.3 Å². The number of nitrogens with zero attached hydrogens (tertiary/aromatic N) is 1. The number of aliphatic hydroxyl groups is 1. The van der Waals surface area contributed by atoms with Crippen LogP contribution in [0.4, 0.5) is 0 Å². The summed E-state index contributed by atoms with van der Waals surface area (Å²) >= 11 is 0. The average molecular weight is 309 g/mol. The van der Waals surface area contributed by atoms with Gasteiger partial charge in [0.1, 0.15) is 0 Å². The van der Waals surface area contributed by atoms with Crippen LogP contribution in [-0.2, 0) is 0 Å². The molecule has 22 heavy (non-hydrogen) atoms. The lowest BCUT2D eigenvalue weighted by molar-refractivity contribution is 0.0808. The summed E-state index contributed by atoms with van der Waals surface area (Å²) in [4.78, 5) is 2.69. The summed E-state index contributed by atoms with van der Waals surface area (Å²) in [6, 6.07) is 0.655. The van der Waals surface area contributed by atoms with Gasteiger partial charge in [-0.2, -0.15) is 0 Å². The van der Waals surface area contributed by atoms with Crippen LogP contribution in [0.15, 0.2) is 0 Å². The van der Waals surface area contributed by atoms with E-state index in [9.17, 15) is 5.11 Å². The van der Waals surface area contributed by atoms with E-state index >= 15 is 0 Å². The minimum Gasteiger partial charge on any atom is -0.393 e. The molecule has 3 aliphatic rings. The van der Waals surface area contributed by atoms with Crippen molar-refractivity contribution in [2.75, 3.05) is 26.2 Å². The maximum Gasteiger partial charge on any atom is 0.0540 e. The summed E-state index contributed by atoms with van der Waals surface area (Å²) in [5.74, 6) is 2.59. The van der Waals surface area contributed by atoms with Crippen molar-refractivity contribution >= 4 is 0 Å². The zero-order chi connectivity index (χ0) is 15.4. The van der Waals surface area contributed by atoms with Crippen molar-refractivity contribution in [1.82, 2.24) is 10.2 Å². The van der Waals surface area contributed by atoms with E-state index in [0.717, 1.165) is 24.7 Å². The van der Waals surface area contributed by atoms with Crippen molar-refractivity contribution in [3.05, 3.63) is 0 Å². The first-order valence-corrected chi connectivity index (χ1v) is 9.86. The Morgan fingerprint density at radius 1 is 1.05 bits per heavy atom. The van der Waals surface area contributed by atoms with Crippen LogP contribution in [0, 0.1) is 17.8 Å². The molecule has 0 spiro atoms. The molecule has 1 saturated heterocycles. The largest absolute Gasteiger partial charge is 0.393 e. The first-order valence-electron chi connectivity index (χ1n) is 9.86. The van der Waals surface area contributed by atoms with Crippen molar-refractivity contribution in [1.29, 1.82) is 0 Å². The SMILES string of the molecule is CCC(O)CC1CC(NCC2CCCC2)CN(CC2CC2)C1. The maximum absolute atomic E-state index is 10.0. The van der Waals surface area contributed by atoms with E-state index in [4.69, 9.17) is 0 Å². The third kappa shape index (κ3) is 5.21. The fraction of sp³-hybridized carbons (Fsp3) is 1.00. The van der Waals surface area contributed by atoms with E-state index in [0.29, 0.717) is 12.0 Å². The van der Waals surface area contributed by atoms with Gasteiger partial charge in [-0.25, -0.2) is 0 Å². The first-order chi connectivity index (χ1) is 10.7. The zero-order valence-electron chi connectivity index (χ0n) is 14.5. The van der Waals surface area contributed by atoms with Gasteiger partial charge in [0.15, 0.2) is 0 Å². The second-order valence-electron chi connectivity index (χ2n) is 8.32. The number of hydrogen-bond donors (Lipinski definition) is 2. The molecule has 3 rings (SSSR count). The molecule has 128 valence electrons. The minimum absolute atomic E-state index is 0.0960. The van der Waals surface area contributed by atoms with Crippen LogP contribution in [0.1, 0.15) is 64.7 Å². The van der Waals surface area contributed by atoms with E-state index in [-0.39, 0.29) is 6.10 Å². The lowest BCUT2D eigenvalue weighted by Crippen LogP contribution is -2.51. The molecule has 0 amide bonds. The van der Waals surface area contributed by atoms with E-state index in [1.807, 2.05) is 0 Å². The molecule has 0 aromatic rings. The first kappa shape index (κ1) is 16.7. The molecule has 0 aromatic carbocycles. The molecule has 3 nitrogen and oxygen atoms in total. The third-order valence-corrected chi connectivity index (χ3v) is 6.07. The topological polar surface area (TPSA) is 35.5 Å². The minimum atomic E-state index is -0.0960. The smallest absolute Gasteiger partial charge is 0.0540 e. The summed E-state index contributed by atoms with van der Waals surface area (Å²) < 4.78 is 0. The van der Waals surface area contributed by atoms with Crippen molar-refractivity contribution in [2.45, 2.75) is 76.9 Å². The van der Waals surface area contributed by atoms with Crippen LogP contribution in [0.25, 0.3) is 0 Å². The number of nitrogens with one attached hydrogen (secondary N) is 1. The fourth-order valence-electron chi connectivity index (χ4n) is 4.54. The highest BCUT2D eigenvalue weighted by Crippen LogP contribution is 2.32. The van der Waals surface area contributed by atoms with Crippen molar-refractivity contribution in [3.8, 4) is 0 Å². The van der Waals surface area contributed by atoms with E-state index < -0.39 is 0 Å². The predicted molar refractivity (Wildman–Crippen MR) is 91.9 cm³/mol. The second-order valence-corrected chi connectivity index (χ2v) is 8.32. The quantitative estimate of drug-likeness (QED) is 0.723. The van der Waals surface area contributed by atoms with E-state index in [1.165, 1.54) is 71.1 Å². The van der Waals surface area contributed by atoms with Crippen molar-refractivity contribution < 1.29 is 5.11 Å². The van der Waals surface area contributed by atoms with E-state index in [2.05, 4.69) is 17.1 Å². The van der Waals surface area contributed by atoms with Gasteiger partial charge in [-0.15, -0.1) is 0 Å². The lowest BCUT2D eigenvalue weighted by atomic mass is 9.88. The van der Waals surface area contributed by atoms with Crippen molar-refractivity contribution in [2.24, 2.45) is 17.8 Å². The van der Waals surface area contributed by atoms with Crippen molar-refractivity contribution in [3.63, 3.8) is 0 Å². The molecule has 3 fully saturated rings. The Balaban J connectivity index is 1.48. The number of likely N-dealkylation sites (tertiary alicyclic amines) is 1. The Morgan fingerprint density at radius 3 is 2.50 bits per heavy atom. The average Bonchev–Trinajstić information content (AvgIpc) is 3.16. The second kappa shape index (κ2) is 8.12. The third-order valence-electron chi connectivity index (χ3n) is 6.07. The standard InChI is InChI=1S/C19H36N2O/c1-2-19(22)10-17-9-18(20-11-15-5-3-4-6-15)14-21(13-17)12-16-7-8-16/h15-20,22H,2-14H2,1H3. The fourth-order valence-corrected chi connectivity index (χ4v) is 4.54. The van der Waals surface area contributed by atoms with Gasteiger partial charge in [0.2, 0.25) is 0 Å². The van der Waals surface area contributed by atoms with Gasteiger partial charge in [-0.1, -0.05) is 19.8 Å². The Morgan fingerprint density at radius 2 is 1.82 bits per heavy atom. The van der Waals surface area contributed by atoms with Gasteiger partial charge in [-0.05, 0) is 69.2 Å². The van der Waals surface area contributed by atoms with Gasteiger partial charge in [-0.3, -0.25) is 0 Å². The summed E-state index contributed by atoms with van der Waals surface area (Å²) in [5.41, 5.74) is 0. The monoisotopic (exact) mass is 308 g/mol. The number of aliphatic hydroxyl groups excluding tert-OH is 1. The number of rotatable bonds is 8. The highest BCUT2D eigenvalue weighted by Gasteiger charge is 2.32. The Labute approximate surface area is 136 Å². The molecular formula is C19H36N2O. The Bertz CT molecular complexity index is 325. The van der Waals surface area contributed by atoms with Gasteiger partial charge in [0.05, 0.1) is 6.10 Å². The summed E-state index contributed by atoms with van der Waals surface area (Å²) in [5, 5.41) is 13.9. The van der Waals surface area contributed by atoms with Gasteiger partial charge in [0, 0.05) is 25.7 Å². The predicted octanol–water partition coefficient (Wildman–Crippen LogP) is 3.03. The maximum atomic E-state index is 10.0. The molecule has 2 saturated carbocycles. The molecule has 3 atom stereocenters. The van der Waals surface area contributed by atoms with Crippen LogP contribution >= 0.6 is 0 Å². The summed E-state index contributed by atoms with van der Waals surface area (Å²) in [6.07, 6.45) is 11.7. The molecule has 1 aliphatic heterocycles. The van der Waals surface area contributed by atoms with Gasteiger partial charge in [0.25, 0.3) is 0 Å². The van der Waals surface area contributed by atoms with Crippen LogP contribution in [0.3, 0.4) is 0 Å². The number of hydrogen-bond acceptors (Lipinski definition) is 3. The molecule has 3 heteroatoms. The zero-order valence-corrected chi connectivity index (χ0v) is 14.5. The number of piperidine rings is 1. The highest BCUT2D eigenvalue weighted by molar-refractivity contribution is 4.88. The molecule has 1 heterocycles. The van der Waals surface area contributed by atoms with Crippen LogP contribution in [0.2, 0.25) is 0 Å². The molecule has 2 N–H and O–H groups in total. The molecule has 0 bridgehead atoms. The summed E-state index contributed by atoms with van der Waals surface area (Å²) in [7, 11) is 0. The Hall–Kier alpha value is -0.120. The van der Waals surface area contributed by atoms with Crippen LogP contribution < -0.4 is 5.32 Å². The molecule has 2 aliphatic carbocycles. The van der Waals surface area contributed by atoms with E-state index in [1.54, 1.807) is 0 Å². The highest BCUT2D eigenvalue weighted by atomic mass is 16.3. The molecular weight excluding hydrogens is 272 g/mol. The molecule has 0 radical (unpaired) electrons.